The standard InChI is InChI=1S/C22H23ClN4O/c1-13-11-16-15-5-2-3-6-19(15)27(10-4-9-24)20(16)22(26-13)17-12-14(23)7-8-18(17)25-21(22)28/h2-3,5-8,12-13,26H,4,9-11,24H2,1H3,(H,25,28)/t13-,22+/m0/s1. The van der Waals surface area contributed by atoms with Crippen molar-refractivity contribution in [1.82, 2.24) is 9.88 Å². The van der Waals surface area contributed by atoms with Crippen molar-refractivity contribution in [3.05, 3.63) is 64.3 Å². The zero-order valence-electron chi connectivity index (χ0n) is 15.8. The van der Waals surface area contributed by atoms with Crippen LogP contribution in [-0.2, 0) is 23.3 Å². The lowest BCUT2D eigenvalue weighted by Gasteiger charge is -2.38. The lowest BCUT2D eigenvalue weighted by Crippen LogP contribution is -2.57. The number of hydrogen-bond acceptors (Lipinski definition) is 3. The molecular formula is C22H23ClN4O. The Morgan fingerprint density at radius 3 is 2.93 bits per heavy atom. The second-order valence-corrected chi connectivity index (χ2v) is 8.22. The minimum absolute atomic E-state index is 0.0469. The number of carbonyl (C=O) groups excluding carboxylic acids is 1. The summed E-state index contributed by atoms with van der Waals surface area (Å²) in [6.07, 6.45) is 1.72. The maximum absolute atomic E-state index is 13.5. The van der Waals surface area contributed by atoms with Crippen LogP contribution in [0.3, 0.4) is 0 Å². The van der Waals surface area contributed by atoms with Crippen LogP contribution in [0, 0.1) is 0 Å². The number of nitrogens with zero attached hydrogens (tertiary/aromatic N) is 1. The van der Waals surface area contributed by atoms with Crippen LogP contribution in [0.2, 0.25) is 5.02 Å². The molecule has 2 aliphatic heterocycles. The number of hydrogen-bond donors (Lipinski definition) is 3. The Morgan fingerprint density at radius 1 is 1.29 bits per heavy atom. The molecule has 0 unspecified atom stereocenters. The molecule has 2 aliphatic rings. The van der Waals surface area contributed by atoms with Gasteiger partial charge in [0.1, 0.15) is 0 Å². The van der Waals surface area contributed by atoms with Crippen molar-refractivity contribution in [3.8, 4) is 0 Å². The van der Waals surface area contributed by atoms with Gasteiger partial charge in [0, 0.05) is 39.8 Å². The fourth-order valence-electron chi connectivity index (χ4n) is 4.94. The Kier molecular flexibility index (Phi) is 4.02. The number of rotatable bonds is 3. The van der Waals surface area contributed by atoms with Gasteiger partial charge >= 0.3 is 0 Å². The van der Waals surface area contributed by atoms with Crippen LogP contribution in [-0.4, -0.2) is 23.1 Å². The van der Waals surface area contributed by atoms with E-state index in [9.17, 15) is 4.79 Å². The van der Waals surface area contributed by atoms with Crippen molar-refractivity contribution in [1.29, 1.82) is 0 Å². The topological polar surface area (TPSA) is 72.1 Å². The molecule has 5 nitrogen and oxygen atoms in total. The summed E-state index contributed by atoms with van der Waals surface area (Å²) >= 11 is 6.35. The molecule has 0 saturated heterocycles. The molecule has 1 spiro atoms. The number of halogens is 1. The van der Waals surface area contributed by atoms with Gasteiger partial charge < -0.3 is 15.6 Å². The van der Waals surface area contributed by atoms with E-state index in [4.69, 9.17) is 17.3 Å². The van der Waals surface area contributed by atoms with Gasteiger partial charge in [0.25, 0.3) is 5.91 Å². The van der Waals surface area contributed by atoms with Crippen molar-refractivity contribution in [3.63, 3.8) is 0 Å². The lowest BCUT2D eigenvalue weighted by molar-refractivity contribution is -0.121. The summed E-state index contributed by atoms with van der Waals surface area (Å²) in [6.45, 7) is 3.51. The smallest absolute Gasteiger partial charge is 0.255 e. The first kappa shape index (κ1) is 17.7. The molecule has 144 valence electrons. The third kappa shape index (κ3) is 2.30. The summed E-state index contributed by atoms with van der Waals surface area (Å²) in [4.78, 5) is 13.5. The monoisotopic (exact) mass is 394 g/mol. The van der Waals surface area contributed by atoms with E-state index in [2.05, 4.69) is 46.4 Å². The first-order valence-electron chi connectivity index (χ1n) is 9.76. The third-order valence-electron chi connectivity index (χ3n) is 5.96. The maximum atomic E-state index is 13.5. The average Bonchev–Trinajstić information content (AvgIpc) is 3.14. The van der Waals surface area contributed by atoms with Gasteiger partial charge in [0.05, 0.1) is 5.69 Å². The van der Waals surface area contributed by atoms with E-state index in [1.165, 1.54) is 10.9 Å². The van der Waals surface area contributed by atoms with E-state index in [0.717, 1.165) is 41.8 Å². The Hall–Kier alpha value is -2.34. The summed E-state index contributed by atoms with van der Waals surface area (Å²) < 4.78 is 2.28. The van der Waals surface area contributed by atoms with Crippen LogP contribution < -0.4 is 16.4 Å². The van der Waals surface area contributed by atoms with E-state index in [0.29, 0.717) is 11.6 Å². The molecule has 3 heterocycles. The van der Waals surface area contributed by atoms with Crippen LogP contribution in [0.1, 0.15) is 30.2 Å². The summed E-state index contributed by atoms with van der Waals surface area (Å²) in [5, 5.41) is 8.55. The van der Waals surface area contributed by atoms with Gasteiger partial charge in [0.15, 0.2) is 5.54 Å². The van der Waals surface area contributed by atoms with Gasteiger partial charge in [-0.15, -0.1) is 0 Å². The molecule has 4 N–H and O–H groups in total. The molecule has 0 saturated carbocycles. The predicted octanol–water partition coefficient (Wildman–Crippen LogP) is 3.37. The predicted molar refractivity (Wildman–Crippen MR) is 113 cm³/mol. The third-order valence-corrected chi connectivity index (χ3v) is 6.20. The number of carbonyl (C=O) groups is 1. The molecule has 28 heavy (non-hydrogen) atoms. The van der Waals surface area contributed by atoms with Crippen molar-refractivity contribution >= 4 is 34.1 Å². The fraction of sp³-hybridized carbons (Fsp3) is 0.318. The Morgan fingerprint density at radius 2 is 2.11 bits per heavy atom. The van der Waals surface area contributed by atoms with Gasteiger partial charge in [0.2, 0.25) is 0 Å². The Labute approximate surface area is 168 Å². The highest BCUT2D eigenvalue weighted by molar-refractivity contribution is 6.31. The first-order valence-corrected chi connectivity index (χ1v) is 10.1. The molecule has 2 aromatic carbocycles. The van der Waals surface area contributed by atoms with Crippen molar-refractivity contribution in [2.45, 2.75) is 37.9 Å². The molecular weight excluding hydrogens is 372 g/mol. The summed E-state index contributed by atoms with van der Waals surface area (Å²) in [6, 6.07) is 14.2. The SMILES string of the molecule is C[C@H]1Cc2c(n(CCCN)c3ccccc23)[C@@]2(N1)C(=O)Nc1ccc(Cl)cc12. The first-order chi connectivity index (χ1) is 13.6. The lowest BCUT2D eigenvalue weighted by atomic mass is 9.79. The zero-order valence-corrected chi connectivity index (χ0v) is 16.5. The van der Waals surface area contributed by atoms with Crippen molar-refractivity contribution < 1.29 is 4.79 Å². The molecule has 1 amide bonds. The molecule has 5 rings (SSSR count). The van der Waals surface area contributed by atoms with Gasteiger partial charge in [-0.05, 0) is 56.1 Å². The molecule has 6 heteroatoms. The van der Waals surface area contributed by atoms with Gasteiger partial charge in [-0.25, -0.2) is 0 Å². The number of amides is 1. The van der Waals surface area contributed by atoms with Gasteiger partial charge in [-0.1, -0.05) is 29.8 Å². The van der Waals surface area contributed by atoms with Crippen LogP contribution in [0.15, 0.2) is 42.5 Å². The Balaban J connectivity index is 1.88. The highest BCUT2D eigenvalue weighted by Gasteiger charge is 2.54. The molecule has 3 aromatic rings. The van der Waals surface area contributed by atoms with E-state index in [-0.39, 0.29) is 11.9 Å². The number of nitrogens with one attached hydrogen (secondary N) is 2. The summed E-state index contributed by atoms with van der Waals surface area (Å²) in [5.41, 5.74) is 10.0. The van der Waals surface area contributed by atoms with E-state index < -0.39 is 5.54 Å². The average molecular weight is 395 g/mol. The van der Waals surface area contributed by atoms with Crippen molar-refractivity contribution in [2.75, 3.05) is 11.9 Å². The number of anilines is 1. The largest absolute Gasteiger partial charge is 0.342 e. The van der Waals surface area contributed by atoms with Crippen LogP contribution in [0.4, 0.5) is 5.69 Å². The van der Waals surface area contributed by atoms with Crippen LogP contribution in [0.5, 0.6) is 0 Å². The molecule has 0 bridgehead atoms. The molecule has 0 fully saturated rings. The number of aryl methyl sites for hydroxylation is 1. The van der Waals surface area contributed by atoms with E-state index in [1.807, 2.05) is 18.2 Å². The molecule has 1 aromatic heterocycles. The van der Waals surface area contributed by atoms with Crippen LogP contribution >= 0.6 is 11.6 Å². The minimum Gasteiger partial charge on any atom is -0.342 e. The highest BCUT2D eigenvalue weighted by Crippen LogP contribution is 2.48. The molecule has 0 aliphatic carbocycles. The van der Waals surface area contributed by atoms with E-state index >= 15 is 0 Å². The molecule has 0 radical (unpaired) electrons. The van der Waals surface area contributed by atoms with Crippen molar-refractivity contribution in [2.24, 2.45) is 5.73 Å². The zero-order chi connectivity index (χ0) is 19.5. The van der Waals surface area contributed by atoms with Crippen LogP contribution in [0.25, 0.3) is 10.9 Å². The normalized spacial score (nSPS) is 23.1. The summed E-state index contributed by atoms with van der Waals surface area (Å²) in [7, 11) is 0. The number of para-hydroxylation sites is 1. The number of benzene rings is 2. The highest BCUT2D eigenvalue weighted by atomic mass is 35.5. The number of fused-ring (bicyclic) bond motifs is 6. The maximum Gasteiger partial charge on any atom is 0.255 e. The fourth-order valence-corrected chi connectivity index (χ4v) is 5.11. The van der Waals surface area contributed by atoms with Gasteiger partial charge in [-0.3, -0.25) is 10.1 Å². The summed E-state index contributed by atoms with van der Waals surface area (Å²) in [5.74, 6) is -0.0469. The number of aromatic nitrogens is 1. The second kappa shape index (κ2) is 6.34. The second-order valence-electron chi connectivity index (χ2n) is 7.78. The number of nitrogens with two attached hydrogens (primary N) is 1. The van der Waals surface area contributed by atoms with Gasteiger partial charge in [-0.2, -0.15) is 0 Å². The van der Waals surface area contributed by atoms with E-state index in [1.54, 1.807) is 0 Å². The Bertz CT molecular complexity index is 1110. The minimum atomic E-state index is -0.944. The quantitative estimate of drug-likeness (QED) is 0.637. The molecule has 2 atom stereocenters.